The molecule has 0 spiro atoms. The minimum atomic E-state index is -0.655. The van der Waals surface area contributed by atoms with Gasteiger partial charge in [-0.25, -0.2) is 10.2 Å². The summed E-state index contributed by atoms with van der Waals surface area (Å²) in [4.78, 5) is 38.1. The van der Waals surface area contributed by atoms with Gasteiger partial charge in [0.05, 0.1) is 16.7 Å². The Balaban J connectivity index is 1.62. The molecule has 144 valence electrons. The average molecular weight is 390 g/mol. The first kappa shape index (κ1) is 19.4. The summed E-state index contributed by atoms with van der Waals surface area (Å²) >= 11 is 0. The molecular formula is C20H14N4O5. The van der Waals surface area contributed by atoms with E-state index in [1.165, 1.54) is 36.7 Å². The van der Waals surface area contributed by atoms with E-state index in [9.17, 15) is 19.7 Å². The number of non-ortho nitro benzene ring substituents is 1. The highest BCUT2D eigenvalue weighted by molar-refractivity contribution is 5.93. The second-order valence-corrected chi connectivity index (χ2v) is 5.68. The number of aromatic nitrogens is 1. The number of rotatable bonds is 6. The van der Waals surface area contributed by atoms with Gasteiger partial charge in [-0.1, -0.05) is 18.2 Å². The zero-order valence-corrected chi connectivity index (χ0v) is 14.9. The van der Waals surface area contributed by atoms with E-state index in [0.29, 0.717) is 5.56 Å². The Morgan fingerprint density at radius 2 is 1.86 bits per heavy atom. The van der Waals surface area contributed by atoms with Crippen LogP contribution in [0.2, 0.25) is 0 Å². The fraction of sp³-hybridized carbons (Fsp3) is 0. The van der Waals surface area contributed by atoms with Crippen LogP contribution in [0.4, 0.5) is 5.69 Å². The van der Waals surface area contributed by atoms with Gasteiger partial charge < -0.3 is 4.74 Å². The normalized spacial score (nSPS) is 10.5. The number of ether oxygens (including phenoxy) is 1. The lowest BCUT2D eigenvalue weighted by Gasteiger charge is -2.05. The Kier molecular flexibility index (Phi) is 6.01. The number of benzene rings is 2. The lowest BCUT2D eigenvalue weighted by Crippen LogP contribution is -2.18. The maximum absolute atomic E-state index is 12.2. The van der Waals surface area contributed by atoms with Crippen molar-refractivity contribution in [3.8, 4) is 5.75 Å². The number of pyridine rings is 1. The zero-order chi connectivity index (χ0) is 20.6. The van der Waals surface area contributed by atoms with Gasteiger partial charge in [0.2, 0.25) is 0 Å². The second kappa shape index (κ2) is 9.00. The van der Waals surface area contributed by atoms with E-state index in [-0.39, 0.29) is 22.7 Å². The highest BCUT2D eigenvalue weighted by Crippen LogP contribution is 2.16. The number of hydrazone groups is 1. The SMILES string of the molecule is O=C(Oc1cccc(/C=N/NC(=O)c2ccccn2)c1)c1ccc([N+](=O)[O-])cc1. The Morgan fingerprint density at radius 3 is 2.55 bits per heavy atom. The van der Waals surface area contributed by atoms with Crippen LogP contribution in [-0.4, -0.2) is 28.0 Å². The van der Waals surface area contributed by atoms with Crippen LogP contribution in [0.15, 0.2) is 78.0 Å². The molecule has 3 aromatic rings. The third-order valence-electron chi connectivity index (χ3n) is 3.66. The Bertz CT molecular complexity index is 1070. The number of amides is 1. The van der Waals surface area contributed by atoms with Crippen molar-refractivity contribution in [3.05, 3.63) is 99.9 Å². The standard InChI is InChI=1S/C20H14N4O5/c25-19(18-6-1-2-11-21-18)23-22-13-14-4-3-5-17(12-14)29-20(26)15-7-9-16(10-8-15)24(27)28/h1-13H,(H,23,25)/b22-13+. The summed E-state index contributed by atoms with van der Waals surface area (Å²) in [5.41, 5.74) is 3.23. The molecule has 0 unspecified atom stereocenters. The number of nitro benzene ring substituents is 1. The summed E-state index contributed by atoms with van der Waals surface area (Å²) in [6.45, 7) is 0. The van der Waals surface area contributed by atoms with Gasteiger partial charge >= 0.3 is 5.97 Å². The largest absolute Gasteiger partial charge is 0.423 e. The molecule has 1 heterocycles. The van der Waals surface area contributed by atoms with Crippen LogP contribution in [0.3, 0.4) is 0 Å². The molecule has 0 aliphatic carbocycles. The molecule has 9 nitrogen and oxygen atoms in total. The molecule has 3 rings (SSSR count). The van der Waals surface area contributed by atoms with Crippen molar-refractivity contribution in [2.24, 2.45) is 5.10 Å². The lowest BCUT2D eigenvalue weighted by atomic mass is 10.2. The molecular weight excluding hydrogens is 376 g/mol. The molecule has 2 aromatic carbocycles. The van der Waals surface area contributed by atoms with Crippen LogP contribution in [0.1, 0.15) is 26.4 Å². The second-order valence-electron chi connectivity index (χ2n) is 5.68. The molecule has 0 saturated heterocycles. The predicted octanol–water partition coefficient (Wildman–Crippen LogP) is 2.97. The number of nitrogens with one attached hydrogen (secondary N) is 1. The van der Waals surface area contributed by atoms with Gasteiger partial charge in [-0.15, -0.1) is 0 Å². The average Bonchev–Trinajstić information content (AvgIpc) is 2.74. The molecule has 1 amide bonds. The minimum absolute atomic E-state index is 0.118. The summed E-state index contributed by atoms with van der Waals surface area (Å²) in [7, 11) is 0. The van der Waals surface area contributed by atoms with Crippen molar-refractivity contribution in [1.82, 2.24) is 10.4 Å². The third-order valence-corrected chi connectivity index (χ3v) is 3.66. The van der Waals surface area contributed by atoms with Crippen LogP contribution in [0.25, 0.3) is 0 Å². The van der Waals surface area contributed by atoms with E-state index in [2.05, 4.69) is 15.5 Å². The molecule has 29 heavy (non-hydrogen) atoms. The highest BCUT2D eigenvalue weighted by atomic mass is 16.6. The van der Waals surface area contributed by atoms with E-state index in [1.54, 1.807) is 42.5 Å². The van der Waals surface area contributed by atoms with E-state index in [4.69, 9.17) is 4.74 Å². The topological polar surface area (TPSA) is 124 Å². The molecule has 0 fully saturated rings. The van der Waals surface area contributed by atoms with Gasteiger partial charge in [-0.2, -0.15) is 5.10 Å². The van der Waals surface area contributed by atoms with Crippen molar-refractivity contribution < 1.29 is 19.2 Å². The monoisotopic (exact) mass is 390 g/mol. The Labute approximate surface area is 164 Å². The first-order valence-corrected chi connectivity index (χ1v) is 8.34. The van der Waals surface area contributed by atoms with Crippen LogP contribution in [0.5, 0.6) is 5.75 Å². The molecule has 1 N–H and O–H groups in total. The maximum atomic E-state index is 12.2. The van der Waals surface area contributed by atoms with E-state index in [0.717, 1.165) is 0 Å². The van der Waals surface area contributed by atoms with E-state index < -0.39 is 16.8 Å². The van der Waals surface area contributed by atoms with Gasteiger partial charge in [-0.05, 0) is 42.0 Å². The fourth-order valence-electron chi connectivity index (χ4n) is 2.26. The van der Waals surface area contributed by atoms with Crippen LogP contribution in [0, 0.1) is 10.1 Å². The molecule has 0 radical (unpaired) electrons. The fourth-order valence-corrected chi connectivity index (χ4v) is 2.26. The van der Waals surface area contributed by atoms with Crippen molar-refractivity contribution in [3.63, 3.8) is 0 Å². The van der Waals surface area contributed by atoms with Gasteiger partial charge in [0.15, 0.2) is 0 Å². The lowest BCUT2D eigenvalue weighted by molar-refractivity contribution is -0.384. The number of carbonyl (C=O) groups excluding carboxylic acids is 2. The summed E-state index contributed by atoms with van der Waals surface area (Å²) in [6, 6.07) is 16.5. The van der Waals surface area contributed by atoms with Gasteiger partial charge in [0, 0.05) is 18.3 Å². The maximum Gasteiger partial charge on any atom is 0.343 e. The number of nitro groups is 1. The van der Waals surface area contributed by atoms with Crippen molar-refractivity contribution in [1.29, 1.82) is 0 Å². The molecule has 9 heteroatoms. The van der Waals surface area contributed by atoms with Crippen molar-refractivity contribution in [2.75, 3.05) is 0 Å². The molecule has 0 saturated carbocycles. The summed E-state index contributed by atoms with van der Waals surface area (Å²) in [6.07, 6.45) is 2.89. The Hall–Kier alpha value is -4.40. The molecule has 0 atom stereocenters. The van der Waals surface area contributed by atoms with Gasteiger partial charge in [0.1, 0.15) is 11.4 Å². The highest BCUT2D eigenvalue weighted by Gasteiger charge is 2.11. The predicted molar refractivity (Wildman–Crippen MR) is 104 cm³/mol. The smallest absolute Gasteiger partial charge is 0.343 e. The number of esters is 1. The first-order valence-electron chi connectivity index (χ1n) is 8.34. The minimum Gasteiger partial charge on any atom is -0.423 e. The quantitative estimate of drug-likeness (QED) is 0.227. The molecule has 0 bridgehead atoms. The number of hydrogen-bond donors (Lipinski definition) is 1. The van der Waals surface area contributed by atoms with Crippen LogP contribution < -0.4 is 10.2 Å². The number of hydrogen-bond acceptors (Lipinski definition) is 7. The van der Waals surface area contributed by atoms with Gasteiger partial charge in [0.25, 0.3) is 11.6 Å². The first-order chi connectivity index (χ1) is 14.0. The van der Waals surface area contributed by atoms with Crippen LogP contribution >= 0.6 is 0 Å². The van der Waals surface area contributed by atoms with Crippen molar-refractivity contribution >= 4 is 23.8 Å². The Morgan fingerprint density at radius 1 is 1.07 bits per heavy atom. The van der Waals surface area contributed by atoms with Crippen LogP contribution in [-0.2, 0) is 0 Å². The molecule has 0 aliphatic heterocycles. The third kappa shape index (κ3) is 5.30. The van der Waals surface area contributed by atoms with Crippen molar-refractivity contribution in [2.45, 2.75) is 0 Å². The van der Waals surface area contributed by atoms with E-state index in [1.807, 2.05) is 0 Å². The molecule has 0 aliphatic rings. The van der Waals surface area contributed by atoms with Gasteiger partial charge in [-0.3, -0.25) is 19.9 Å². The van der Waals surface area contributed by atoms with E-state index >= 15 is 0 Å². The zero-order valence-electron chi connectivity index (χ0n) is 14.9. The summed E-state index contributed by atoms with van der Waals surface area (Å²) in [5, 5.41) is 14.5. The summed E-state index contributed by atoms with van der Waals surface area (Å²) < 4.78 is 5.27. The number of carbonyl (C=O) groups is 2. The summed E-state index contributed by atoms with van der Waals surface area (Å²) in [5.74, 6) is -0.853. The number of nitrogens with zero attached hydrogens (tertiary/aromatic N) is 3. The molecule has 1 aromatic heterocycles.